The maximum atomic E-state index is 12.9. The summed E-state index contributed by atoms with van der Waals surface area (Å²) in [7, 11) is 2.73. The van der Waals surface area contributed by atoms with Gasteiger partial charge in [0.1, 0.15) is 11.7 Å². The summed E-state index contributed by atoms with van der Waals surface area (Å²) in [5, 5.41) is 13.0. The summed E-state index contributed by atoms with van der Waals surface area (Å²) in [6.07, 6.45) is 4.19. The van der Waals surface area contributed by atoms with Gasteiger partial charge in [0.15, 0.2) is 0 Å². The Balaban J connectivity index is 1.94. The molecule has 2 aliphatic heterocycles. The van der Waals surface area contributed by atoms with E-state index in [1.165, 1.54) is 14.2 Å². The largest absolute Gasteiger partial charge is 0.496 e. The second kappa shape index (κ2) is 11.6. The summed E-state index contributed by atoms with van der Waals surface area (Å²) < 4.78 is 10.8. The topological polar surface area (TPSA) is 109 Å². The van der Waals surface area contributed by atoms with Crippen LogP contribution in [0.3, 0.4) is 0 Å². The molecule has 0 unspecified atom stereocenters. The van der Waals surface area contributed by atoms with Crippen molar-refractivity contribution in [3.8, 4) is 11.8 Å². The zero-order chi connectivity index (χ0) is 24.0. The summed E-state index contributed by atoms with van der Waals surface area (Å²) >= 11 is 4.54. The lowest BCUT2D eigenvalue weighted by Crippen LogP contribution is -2.44. The third kappa shape index (κ3) is 5.71. The number of esters is 1. The van der Waals surface area contributed by atoms with Crippen molar-refractivity contribution in [1.29, 1.82) is 5.26 Å². The van der Waals surface area contributed by atoms with Crippen LogP contribution in [0.2, 0.25) is 0 Å². The van der Waals surface area contributed by atoms with Crippen LogP contribution in [0, 0.1) is 17.2 Å². The number of likely N-dealkylation sites (tertiary alicyclic amines) is 1. The third-order valence-corrected chi connectivity index (χ3v) is 7.44. The molecule has 1 N–H and O–H groups in total. The molecule has 8 nitrogen and oxygen atoms in total. The first-order valence-corrected chi connectivity index (χ1v) is 12.5. The highest BCUT2D eigenvalue weighted by molar-refractivity contribution is 9.10. The molecule has 2 heterocycles. The standard InChI is InChI=1S/C23H26BrN3O5S/c1-31-17-8-7-14(11-16(17)24)19-15(12-25)22(26-21(29)20(19)23(30)32-2)33-13-18(28)27-9-5-3-4-6-10-27/h7-8,11,19-20H,3-6,9-10,13H2,1-2H3,(H,26,29)/t19-,20+/m1/s1. The quantitative estimate of drug-likeness (QED) is 0.439. The molecule has 33 heavy (non-hydrogen) atoms. The van der Waals surface area contributed by atoms with Gasteiger partial charge in [-0.3, -0.25) is 14.4 Å². The lowest BCUT2D eigenvalue weighted by molar-refractivity contribution is -0.150. The van der Waals surface area contributed by atoms with E-state index < -0.39 is 23.7 Å². The van der Waals surface area contributed by atoms with E-state index in [4.69, 9.17) is 9.47 Å². The molecule has 0 saturated carbocycles. The molecule has 1 aromatic carbocycles. The summed E-state index contributed by atoms with van der Waals surface area (Å²) in [5.41, 5.74) is 0.803. The highest BCUT2D eigenvalue weighted by Crippen LogP contribution is 2.42. The number of benzene rings is 1. The number of allylic oxidation sites excluding steroid dienone is 1. The van der Waals surface area contributed by atoms with Crippen molar-refractivity contribution >= 4 is 45.5 Å². The van der Waals surface area contributed by atoms with Crippen molar-refractivity contribution in [3.05, 3.63) is 38.8 Å². The molecule has 1 saturated heterocycles. The van der Waals surface area contributed by atoms with Crippen molar-refractivity contribution in [2.75, 3.05) is 33.1 Å². The van der Waals surface area contributed by atoms with Crippen LogP contribution in [-0.2, 0) is 19.1 Å². The Kier molecular flexibility index (Phi) is 8.80. The summed E-state index contributed by atoms with van der Waals surface area (Å²) in [4.78, 5) is 40.1. The van der Waals surface area contributed by atoms with Gasteiger partial charge in [-0.05, 0) is 46.5 Å². The second-order valence-corrected chi connectivity index (χ2v) is 9.64. The molecule has 0 radical (unpaired) electrons. The number of hydrogen-bond acceptors (Lipinski definition) is 7. The Morgan fingerprint density at radius 3 is 2.52 bits per heavy atom. The van der Waals surface area contributed by atoms with Crippen LogP contribution in [0.15, 0.2) is 33.3 Å². The fourth-order valence-electron chi connectivity index (χ4n) is 4.10. The summed E-state index contributed by atoms with van der Waals surface area (Å²) in [6.45, 7) is 1.45. The van der Waals surface area contributed by atoms with Crippen molar-refractivity contribution in [2.24, 2.45) is 5.92 Å². The molecule has 0 bridgehead atoms. The highest BCUT2D eigenvalue weighted by atomic mass is 79.9. The number of rotatable bonds is 6. The molecular weight excluding hydrogens is 510 g/mol. The molecule has 1 fully saturated rings. The lowest BCUT2D eigenvalue weighted by atomic mass is 9.78. The van der Waals surface area contributed by atoms with E-state index in [0.29, 0.717) is 20.8 Å². The molecule has 2 atom stereocenters. The van der Waals surface area contributed by atoms with Crippen LogP contribution in [0.5, 0.6) is 5.75 Å². The number of ether oxygens (including phenoxy) is 2. The number of methoxy groups -OCH3 is 2. The Morgan fingerprint density at radius 2 is 1.94 bits per heavy atom. The van der Waals surface area contributed by atoms with Gasteiger partial charge in [-0.1, -0.05) is 30.7 Å². The molecule has 0 aliphatic carbocycles. The van der Waals surface area contributed by atoms with Crippen LogP contribution in [-0.4, -0.2) is 55.7 Å². The molecular formula is C23H26BrN3O5S. The zero-order valence-corrected chi connectivity index (χ0v) is 21.0. The van der Waals surface area contributed by atoms with Gasteiger partial charge >= 0.3 is 5.97 Å². The van der Waals surface area contributed by atoms with E-state index in [9.17, 15) is 19.6 Å². The monoisotopic (exact) mass is 535 g/mol. The van der Waals surface area contributed by atoms with E-state index in [2.05, 4.69) is 27.3 Å². The lowest BCUT2D eigenvalue weighted by Gasteiger charge is -2.31. The molecule has 10 heteroatoms. The number of halogens is 1. The van der Waals surface area contributed by atoms with Gasteiger partial charge in [0.05, 0.1) is 41.1 Å². The number of hydrogen-bond donors (Lipinski definition) is 1. The first kappa shape index (κ1) is 25.1. The molecule has 1 aromatic rings. The minimum absolute atomic E-state index is 0.0280. The van der Waals surface area contributed by atoms with E-state index in [0.717, 1.165) is 50.5 Å². The first-order chi connectivity index (χ1) is 15.9. The summed E-state index contributed by atoms with van der Waals surface area (Å²) in [5.74, 6) is -2.73. The SMILES string of the molecule is COC(=O)[C@@H]1C(=O)NC(SCC(=O)N2CCCCCC2)=C(C#N)[C@H]1c1ccc(OC)c(Br)c1. The van der Waals surface area contributed by atoms with E-state index in [1.54, 1.807) is 18.2 Å². The molecule has 0 aromatic heterocycles. The van der Waals surface area contributed by atoms with Crippen LogP contribution in [0.1, 0.15) is 37.2 Å². The van der Waals surface area contributed by atoms with Crippen LogP contribution in [0.25, 0.3) is 0 Å². The maximum Gasteiger partial charge on any atom is 0.319 e. The maximum absolute atomic E-state index is 12.9. The van der Waals surface area contributed by atoms with Crippen molar-refractivity contribution in [3.63, 3.8) is 0 Å². The van der Waals surface area contributed by atoms with Gasteiger partial charge in [-0.2, -0.15) is 5.26 Å². The van der Waals surface area contributed by atoms with E-state index in [-0.39, 0.29) is 17.2 Å². The molecule has 176 valence electrons. The number of nitriles is 1. The second-order valence-electron chi connectivity index (χ2n) is 7.80. The fraction of sp³-hybridized carbons (Fsp3) is 0.478. The Morgan fingerprint density at radius 1 is 1.24 bits per heavy atom. The predicted molar refractivity (Wildman–Crippen MR) is 127 cm³/mol. The number of amides is 2. The van der Waals surface area contributed by atoms with Crippen LogP contribution >= 0.6 is 27.7 Å². The van der Waals surface area contributed by atoms with Gasteiger partial charge in [0.25, 0.3) is 0 Å². The minimum atomic E-state index is -1.23. The molecule has 2 aliphatic rings. The number of nitrogens with zero attached hydrogens (tertiary/aromatic N) is 2. The number of carbonyl (C=O) groups excluding carboxylic acids is 3. The average molecular weight is 536 g/mol. The van der Waals surface area contributed by atoms with E-state index in [1.807, 2.05) is 4.90 Å². The third-order valence-electron chi connectivity index (χ3n) is 5.82. The van der Waals surface area contributed by atoms with Crippen molar-refractivity contribution in [1.82, 2.24) is 10.2 Å². The first-order valence-electron chi connectivity index (χ1n) is 10.7. The Labute approximate surface area is 205 Å². The smallest absolute Gasteiger partial charge is 0.319 e. The van der Waals surface area contributed by atoms with Gasteiger partial charge in [-0.15, -0.1) is 0 Å². The van der Waals surface area contributed by atoms with Gasteiger partial charge in [0, 0.05) is 19.0 Å². The number of carbonyl (C=O) groups is 3. The van der Waals surface area contributed by atoms with Gasteiger partial charge < -0.3 is 19.7 Å². The zero-order valence-electron chi connectivity index (χ0n) is 18.6. The van der Waals surface area contributed by atoms with Gasteiger partial charge in [-0.25, -0.2) is 0 Å². The molecule has 3 rings (SSSR count). The molecule has 0 spiro atoms. The Bertz CT molecular complexity index is 998. The van der Waals surface area contributed by atoms with Crippen LogP contribution in [0.4, 0.5) is 0 Å². The van der Waals surface area contributed by atoms with Crippen LogP contribution < -0.4 is 10.1 Å². The predicted octanol–water partition coefficient (Wildman–Crippen LogP) is 3.33. The highest BCUT2D eigenvalue weighted by Gasteiger charge is 2.44. The van der Waals surface area contributed by atoms with Crippen molar-refractivity contribution < 1.29 is 23.9 Å². The normalized spacial score (nSPS) is 21.0. The van der Waals surface area contributed by atoms with E-state index >= 15 is 0 Å². The number of thioether (sulfide) groups is 1. The van der Waals surface area contributed by atoms with Crippen molar-refractivity contribution in [2.45, 2.75) is 31.6 Å². The summed E-state index contributed by atoms with van der Waals surface area (Å²) in [6, 6.07) is 7.29. The number of nitrogens with one attached hydrogen (secondary N) is 1. The van der Waals surface area contributed by atoms with Gasteiger partial charge in [0.2, 0.25) is 11.8 Å². The fourth-order valence-corrected chi connectivity index (χ4v) is 5.61. The Hall–Kier alpha value is -2.51. The average Bonchev–Trinajstić information content (AvgIpc) is 3.11. The molecule has 2 amide bonds. The minimum Gasteiger partial charge on any atom is -0.496 e.